The van der Waals surface area contributed by atoms with Gasteiger partial charge in [-0.3, -0.25) is 9.78 Å². The van der Waals surface area contributed by atoms with Crippen molar-refractivity contribution in [2.45, 2.75) is 26.4 Å². The lowest BCUT2D eigenvalue weighted by Gasteiger charge is -2.17. The fourth-order valence-corrected chi connectivity index (χ4v) is 1.49. The van der Waals surface area contributed by atoms with Crippen LogP contribution < -0.4 is 10.1 Å². The van der Waals surface area contributed by atoms with Crippen molar-refractivity contribution in [3.05, 3.63) is 18.5 Å². The monoisotopic (exact) mass is 277 g/mol. The molecule has 1 aliphatic rings. The highest BCUT2D eigenvalue weighted by Gasteiger charge is 2.23. The van der Waals surface area contributed by atoms with Gasteiger partial charge in [0.05, 0.1) is 6.20 Å². The number of carbonyl (C=O) groups is 2. The van der Waals surface area contributed by atoms with Gasteiger partial charge in [0.1, 0.15) is 23.6 Å². The molecule has 0 aromatic carbocycles. The van der Waals surface area contributed by atoms with Gasteiger partial charge in [0.15, 0.2) is 5.71 Å². The number of nitrogens with one attached hydrogen (secondary N) is 1. The zero-order valence-corrected chi connectivity index (χ0v) is 11.5. The molecule has 106 valence electrons. The standard InChI is InChI=1S/C13H15N3O4/c1-13(2,3)20-12(18)16-9-7-19-10-4-5-14-6-8(10)15-11(9)17/h4-6H,7H2,1-3H3,(H,15,17)/b16-9+. The van der Waals surface area contributed by atoms with Crippen LogP contribution in [0.4, 0.5) is 10.5 Å². The number of aromatic nitrogens is 1. The summed E-state index contributed by atoms with van der Waals surface area (Å²) < 4.78 is 10.4. The van der Waals surface area contributed by atoms with Gasteiger partial charge in [0, 0.05) is 12.3 Å². The fraction of sp³-hybridized carbons (Fsp3) is 0.385. The number of carbonyl (C=O) groups excluding carboxylic acids is 2. The molecule has 2 heterocycles. The highest BCUT2D eigenvalue weighted by atomic mass is 16.6. The van der Waals surface area contributed by atoms with Gasteiger partial charge < -0.3 is 14.8 Å². The van der Waals surface area contributed by atoms with Crippen LogP contribution in [-0.4, -0.2) is 34.9 Å². The smallest absolute Gasteiger partial charge is 0.434 e. The molecule has 0 spiro atoms. The predicted octanol–water partition coefficient (Wildman–Crippen LogP) is 1.79. The molecule has 1 N–H and O–H groups in total. The number of aliphatic imine (C=N–C) groups is 1. The number of nitrogens with zero attached hydrogens (tertiary/aromatic N) is 2. The number of hydrogen-bond acceptors (Lipinski definition) is 5. The van der Waals surface area contributed by atoms with E-state index in [1.54, 1.807) is 33.0 Å². The van der Waals surface area contributed by atoms with E-state index in [0.29, 0.717) is 11.4 Å². The second-order valence-electron chi connectivity index (χ2n) is 5.15. The Hall–Kier alpha value is -2.44. The first kappa shape index (κ1) is 14.0. The van der Waals surface area contributed by atoms with Crippen LogP contribution in [0.2, 0.25) is 0 Å². The van der Waals surface area contributed by atoms with Crippen LogP contribution >= 0.6 is 0 Å². The fourth-order valence-electron chi connectivity index (χ4n) is 1.49. The summed E-state index contributed by atoms with van der Waals surface area (Å²) in [4.78, 5) is 31.0. The first-order valence-electron chi connectivity index (χ1n) is 6.04. The number of hydrogen-bond donors (Lipinski definition) is 1. The first-order valence-corrected chi connectivity index (χ1v) is 6.04. The molecular weight excluding hydrogens is 262 g/mol. The summed E-state index contributed by atoms with van der Waals surface area (Å²) in [5, 5.41) is 2.58. The van der Waals surface area contributed by atoms with Gasteiger partial charge in [-0.1, -0.05) is 0 Å². The third kappa shape index (κ3) is 3.53. The van der Waals surface area contributed by atoms with Crippen LogP contribution in [0.25, 0.3) is 0 Å². The molecule has 7 heteroatoms. The predicted molar refractivity (Wildman–Crippen MR) is 72.0 cm³/mol. The summed E-state index contributed by atoms with van der Waals surface area (Å²) in [6.45, 7) is 5.05. The molecule has 2 amide bonds. The molecule has 0 atom stereocenters. The Morgan fingerprint density at radius 3 is 2.95 bits per heavy atom. The van der Waals surface area contributed by atoms with Crippen LogP contribution in [0.5, 0.6) is 5.75 Å². The molecule has 0 saturated heterocycles. The van der Waals surface area contributed by atoms with E-state index >= 15 is 0 Å². The van der Waals surface area contributed by atoms with Crippen molar-refractivity contribution in [3.63, 3.8) is 0 Å². The maximum absolute atomic E-state index is 11.9. The zero-order chi connectivity index (χ0) is 14.8. The second kappa shape index (κ2) is 5.28. The van der Waals surface area contributed by atoms with Gasteiger partial charge in [-0.25, -0.2) is 4.79 Å². The Morgan fingerprint density at radius 2 is 2.25 bits per heavy atom. The summed E-state index contributed by atoms with van der Waals surface area (Å²) >= 11 is 0. The van der Waals surface area contributed by atoms with E-state index < -0.39 is 17.6 Å². The maximum atomic E-state index is 11.9. The molecule has 1 aromatic rings. The molecule has 0 saturated carbocycles. The van der Waals surface area contributed by atoms with Crippen molar-refractivity contribution in [1.29, 1.82) is 0 Å². The highest BCUT2D eigenvalue weighted by molar-refractivity contribution is 6.45. The van der Waals surface area contributed by atoms with Crippen LogP contribution in [-0.2, 0) is 9.53 Å². The SMILES string of the molecule is CC(C)(C)OC(=O)/N=C1\COc2ccncc2NC1=O. The van der Waals surface area contributed by atoms with Crippen LogP contribution in [0, 0.1) is 0 Å². The Morgan fingerprint density at radius 1 is 1.50 bits per heavy atom. The minimum absolute atomic E-state index is 0.0459. The molecule has 1 aromatic heterocycles. The minimum atomic E-state index is -0.824. The van der Waals surface area contributed by atoms with Crippen molar-refractivity contribution < 1.29 is 19.1 Å². The van der Waals surface area contributed by atoms with E-state index in [9.17, 15) is 9.59 Å². The topological polar surface area (TPSA) is 89.9 Å². The highest BCUT2D eigenvalue weighted by Crippen LogP contribution is 2.24. The van der Waals surface area contributed by atoms with Crippen LogP contribution in [0.1, 0.15) is 20.8 Å². The summed E-state index contributed by atoms with van der Waals surface area (Å²) in [7, 11) is 0. The third-order valence-electron chi connectivity index (χ3n) is 2.28. The Kier molecular flexibility index (Phi) is 3.69. The largest absolute Gasteiger partial charge is 0.485 e. The third-order valence-corrected chi connectivity index (χ3v) is 2.28. The van der Waals surface area contributed by atoms with E-state index in [4.69, 9.17) is 9.47 Å². The molecule has 7 nitrogen and oxygen atoms in total. The van der Waals surface area contributed by atoms with Crippen molar-refractivity contribution in [2.75, 3.05) is 11.9 Å². The molecule has 20 heavy (non-hydrogen) atoms. The Bertz CT molecular complexity index is 575. The van der Waals surface area contributed by atoms with Crippen molar-refractivity contribution in [2.24, 2.45) is 4.99 Å². The zero-order valence-electron chi connectivity index (χ0n) is 11.5. The summed E-state index contributed by atoms with van der Waals surface area (Å²) in [5.74, 6) is -0.0367. The van der Waals surface area contributed by atoms with E-state index in [1.807, 2.05) is 0 Å². The molecule has 0 radical (unpaired) electrons. The molecule has 2 rings (SSSR count). The number of ether oxygens (including phenoxy) is 2. The normalized spacial score (nSPS) is 16.8. The summed E-state index contributed by atoms with van der Waals surface area (Å²) in [5.41, 5.74) is -0.279. The number of amides is 2. The van der Waals surface area contributed by atoms with Crippen LogP contribution in [0.15, 0.2) is 23.5 Å². The lowest BCUT2D eigenvalue weighted by Crippen LogP contribution is -2.28. The van der Waals surface area contributed by atoms with Crippen molar-refractivity contribution in [3.8, 4) is 5.75 Å². The van der Waals surface area contributed by atoms with Crippen LogP contribution in [0.3, 0.4) is 0 Å². The van der Waals surface area contributed by atoms with Gasteiger partial charge in [0.2, 0.25) is 0 Å². The lowest BCUT2D eigenvalue weighted by molar-refractivity contribution is -0.110. The van der Waals surface area contributed by atoms with E-state index in [0.717, 1.165) is 0 Å². The average Bonchev–Trinajstić information content (AvgIpc) is 2.47. The summed E-state index contributed by atoms with van der Waals surface area (Å²) in [6, 6.07) is 1.62. The molecule has 0 aliphatic carbocycles. The Balaban J connectivity index is 2.16. The van der Waals surface area contributed by atoms with Crippen molar-refractivity contribution in [1.82, 2.24) is 4.98 Å². The van der Waals surface area contributed by atoms with E-state index in [2.05, 4.69) is 15.3 Å². The number of fused-ring (bicyclic) bond motifs is 1. The first-order chi connectivity index (χ1) is 9.35. The molecule has 0 fully saturated rings. The van der Waals surface area contributed by atoms with E-state index in [-0.39, 0.29) is 12.3 Å². The quantitative estimate of drug-likeness (QED) is 0.780. The number of anilines is 1. The minimum Gasteiger partial charge on any atom is -0.485 e. The summed E-state index contributed by atoms with van der Waals surface area (Å²) in [6.07, 6.45) is 2.18. The molecule has 1 aliphatic heterocycles. The van der Waals surface area contributed by atoms with Gasteiger partial charge >= 0.3 is 6.09 Å². The van der Waals surface area contributed by atoms with Gasteiger partial charge in [-0.2, -0.15) is 4.99 Å². The van der Waals surface area contributed by atoms with Gasteiger partial charge in [-0.05, 0) is 20.8 Å². The average molecular weight is 277 g/mol. The van der Waals surface area contributed by atoms with E-state index in [1.165, 1.54) is 6.20 Å². The Labute approximate surface area is 116 Å². The number of pyridine rings is 1. The van der Waals surface area contributed by atoms with Gasteiger partial charge in [0.25, 0.3) is 5.91 Å². The van der Waals surface area contributed by atoms with Crippen molar-refractivity contribution >= 4 is 23.4 Å². The molecule has 0 unspecified atom stereocenters. The molecule has 0 bridgehead atoms. The number of rotatable bonds is 0. The lowest BCUT2D eigenvalue weighted by atomic mass is 10.2. The van der Waals surface area contributed by atoms with Gasteiger partial charge in [-0.15, -0.1) is 0 Å². The maximum Gasteiger partial charge on any atom is 0.434 e. The second-order valence-corrected chi connectivity index (χ2v) is 5.15. The molecular formula is C13H15N3O4.